The number of β-amino-alcohol motifs (C(OH)–C–C–N with tert-alkyl or cyclic N) is 1. The standard InChI is InChI=1S/C9H15NO/c1-2-3-4-6-10-7-5-9(11)8-10/h9,11H,4-8H2,1H3/t9-/m1/s1. The van der Waals surface area contributed by atoms with Crippen molar-refractivity contribution in [2.24, 2.45) is 0 Å². The van der Waals surface area contributed by atoms with Crippen molar-refractivity contribution in [3.8, 4) is 11.8 Å². The van der Waals surface area contributed by atoms with Crippen LogP contribution in [0.1, 0.15) is 19.8 Å². The van der Waals surface area contributed by atoms with E-state index in [1.54, 1.807) is 0 Å². The first-order valence-corrected chi connectivity index (χ1v) is 4.13. The Bertz CT molecular complexity index is 168. The third-order valence-corrected chi connectivity index (χ3v) is 1.98. The fourth-order valence-electron chi connectivity index (χ4n) is 1.35. The van der Waals surface area contributed by atoms with Crippen LogP contribution in [0.2, 0.25) is 0 Å². The second-order valence-electron chi connectivity index (χ2n) is 2.92. The first-order chi connectivity index (χ1) is 5.33. The van der Waals surface area contributed by atoms with Gasteiger partial charge in [-0.1, -0.05) is 0 Å². The number of rotatable bonds is 2. The van der Waals surface area contributed by atoms with Crippen LogP contribution >= 0.6 is 0 Å². The third-order valence-electron chi connectivity index (χ3n) is 1.98. The van der Waals surface area contributed by atoms with Crippen LogP contribution in [0, 0.1) is 11.8 Å². The molecule has 1 saturated heterocycles. The van der Waals surface area contributed by atoms with Crippen molar-refractivity contribution >= 4 is 0 Å². The van der Waals surface area contributed by atoms with Crippen LogP contribution in [-0.4, -0.2) is 35.7 Å². The van der Waals surface area contributed by atoms with Crippen LogP contribution in [0.3, 0.4) is 0 Å². The molecule has 11 heavy (non-hydrogen) atoms. The van der Waals surface area contributed by atoms with Gasteiger partial charge in [-0.15, -0.1) is 11.8 Å². The predicted molar refractivity (Wildman–Crippen MR) is 45.1 cm³/mol. The highest BCUT2D eigenvalue weighted by atomic mass is 16.3. The van der Waals surface area contributed by atoms with Crippen molar-refractivity contribution in [1.82, 2.24) is 4.90 Å². The van der Waals surface area contributed by atoms with Crippen LogP contribution in [-0.2, 0) is 0 Å². The summed E-state index contributed by atoms with van der Waals surface area (Å²) in [4.78, 5) is 2.26. The van der Waals surface area contributed by atoms with Gasteiger partial charge in [0.2, 0.25) is 0 Å². The summed E-state index contributed by atoms with van der Waals surface area (Å²) < 4.78 is 0. The maximum Gasteiger partial charge on any atom is 0.0679 e. The minimum absolute atomic E-state index is 0.0930. The largest absolute Gasteiger partial charge is 0.392 e. The summed E-state index contributed by atoms with van der Waals surface area (Å²) in [6.07, 6.45) is 1.77. The molecule has 1 N–H and O–H groups in total. The number of hydrogen-bond donors (Lipinski definition) is 1. The van der Waals surface area contributed by atoms with Gasteiger partial charge < -0.3 is 5.11 Å². The molecule has 0 aromatic carbocycles. The van der Waals surface area contributed by atoms with E-state index in [0.717, 1.165) is 32.5 Å². The third kappa shape index (κ3) is 2.92. The smallest absolute Gasteiger partial charge is 0.0679 e. The Morgan fingerprint density at radius 2 is 2.45 bits per heavy atom. The molecule has 1 aliphatic rings. The molecule has 1 aliphatic heterocycles. The lowest BCUT2D eigenvalue weighted by Crippen LogP contribution is -2.22. The number of aliphatic hydroxyl groups is 1. The quantitative estimate of drug-likeness (QED) is 0.583. The molecular weight excluding hydrogens is 138 g/mol. The van der Waals surface area contributed by atoms with Crippen molar-refractivity contribution in [3.63, 3.8) is 0 Å². The molecule has 62 valence electrons. The number of hydrogen-bond acceptors (Lipinski definition) is 2. The molecule has 0 spiro atoms. The zero-order chi connectivity index (χ0) is 8.10. The van der Waals surface area contributed by atoms with E-state index in [1.807, 2.05) is 6.92 Å². The Labute approximate surface area is 68.2 Å². The van der Waals surface area contributed by atoms with E-state index < -0.39 is 0 Å². The van der Waals surface area contributed by atoms with E-state index in [0.29, 0.717) is 0 Å². The van der Waals surface area contributed by atoms with Crippen LogP contribution < -0.4 is 0 Å². The number of nitrogens with zero attached hydrogens (tertiary/aromatic N) is 1. The van der Waals surface area contributed by atoms with Crippen LogP contribution in [0.15, 0.2) is 0 Å². The first-order valence-electron chi connectivity index (χ1n) is 4.13. The molecule has 2 nitrogen and oxygen atoms in total. The first kappa shape index (κ1) is 8.58. The summed E-state index contributed by atoms with van der Waals surface area (Å²) in [6, 6.07) is 0. The summed E-state index contributed by atoms with van der Waals surface area (Å²) in [7, 11) is 0. The minimum atomic E-state index is -0.0930. The molecule has 1 atom stereocenters. The highest BCUT2D eigenvalue weighted by Crippen LogP contribution is 2.07. The van der Waals surface area contributed by atoms with Crippen molar-refractivity contribution in [2.75, 3.05) is 19.6 Å². The summed E-state index contributed by atoms with van der Waals surface area (Å²) >= 11 is 0. The SMILES string of the molecule is CC#CCCN1CC[C@@H](O)C1. The molecular formula is C9H15NO. The highest BCUT2D eigenvalue weighted by molar-refractivity contribution is 4.95. The Morgan fingerprint density at radius 3 is 3.00 bits per heavy atom. The maximum absolute atomic E-state index is 9.18. The fraction of sp³-hybridized carbons (Fsp3) is 0.778. The molecule has 1 rings (SSSR count). The van der Waals surface area contributed by atoms with Gasteiger partial charge >= 0.3 is 0 Å². The monoisotopic (exact) mass is 153 g/mol. The zero-order valence-electron chi connectivity index (χ0n) is 7.01. The van der Waals surface area contributed by atoms with E-state index in [4.69, 9.17) is 0 Å². The number of likely N-dealkylation sites (tertiary alicyclic amines) is 1. The van der Waals surface area contributed by atoms with E-state index in [2.05, 4.69) is 16.7 Å². The molecule has 0 amide bonds. The molecule has 0 saturated carbocycles. The molecule has 1 heterocycles. The Morgan fingerprint density at radius 1 is 1.64 bits per heavy atom. The predicted octanol–water partition coefficient (Wildman–Crippen LogP) is 0.466. The summed E-state index contributed by atoms with van der Waals surface area (Å²) in [5.74, 6) is 5.88. The lowest BCUT2D eigenvalue weighted by molar-refractivity contribution is 0.177. The van der Waals surface area contributed by atoms with Gasteiger partial charge in [0, 0.05) is 26.1 Å². The molecule has 2 heteroatoms. The lowest BCUT2D eigenvalue weighted by atomic mass is 10.3. The maximum atomic E-state index is 9.18. The van der Waals surface area contributed by atoms with Crippen LogP contribution in [0.4, 0.5) is 0 Å². The average molecular weight is 153 g/mol. The highest BCUT2D eigenvalue weighted by Gasteiger charge is 2.18. The molecule has 0 aromatic heterocycles. The molecule has 0 bridgehead atoms. The van der Waals surface area contributed by atoms with Gasteiger partial charge in [-0.3, -0.25) is 4.90 Å². The molecule has 0 aliphatic carbocycles. The van der Waals surface area contributed by atoms with Gasteiger partial charge in [0.25, 0.3) is 0 Å². The molecule has 0 radical (unpaired) electrons. The van der Waals surface area contributed by atoms with Gasteiger partial charge in [-0.25, -0.2) is 0 Å². The Balaban J connectivity index is 2.11. The van der Waals surface area contributed by atoms with E-state index in [9.17, 15) is 5.11 Å². The van der Waals surface area contributed by atoms with Crippen LogP contribution in [0.25, 0.3) is 0 Å². The normalized spacial score (nSPS) is 24.7. The van der Waals surface area contributed by atoms with Gasteiger partial charge in [-0.2, -0.15) is 0 Å². The van der Waals surface area contributed by atoms with Gasteiger partial charge in [0.15, 0.2) is 0 Å². The van der Waals surface area contributed by atoms with Gasteiger partial charge in [0.1, 0.15) is 0 Å². The number of aliphatic hydroxyl groups excluding tert-OH is 1. The van der Waals surface area contributed by atoms with E-state index >= 15 is 0 Å². The average Bonchev–Trinajstić information content (AvgIpc) is 2.37. The summed E-state index contributed by atoms with van der Waals surface area (Å²) in [6.45, 7) is 4.74. The second-order valence-corrected chi connectivity index (χ2v) is 2.92. The van der Waals surface area contributed by atoms with Gasteiger partial charge in [-0.05, 0) is 13.3 Å². The van der Waals surface area contributed by atoms with Crippen molar-refractivity contribution in [3.05, 3.63) is 0 Å². The van der Waals surface area contributed by atoms with Crippen molar-refractivity contribution < 1.29 is 5.11 Å². The second kappa shape index (κ2) is 4.38. The Kier molecular flexibility index (Phi) is 3.41. The van der Waals surface area contributed by atoms with E-state index in [1.165, 1.54) is 0 Å². The zero-order valence-corrected chi connectivity index (χ0v) is 7.01. The van der Waals surface area contributed by atoms with E-state index in [-0.39, 0.29) is 6.10 Å². The lowest BCUT2D eigenvalue weighted by Gasteiger charge is -2.11. The molecule has 1 fully saturated rings. The topological polar surface area (TPSA) is 23.5 Å². The van der Waals surface area contributed by atoms with Crippen molar-refractivity contribution in [2.45, 2.75) is 25.9 Å². The van der Waals surface area contributed by atoms with Crippen molar-refractivity contribution in [1.29, 1.82) is 0 Å². The molecule has 0 aromatic rings. The van der Waals surface area contributed by atoms with Crippen LogP contribution in [0.5, 0.6) is 0 Å². The molecule has 0 unspecified atom stereocenters. The summed E-state index contributed by atoms with van der Waals surface area (Å²) in [5.41, 5.74) is 0. The minimum Gasteiger partial charge on any atom is -0.392 e. The fourth-order valence-corrected chi connectivity index (χ4v) is 1.35. The summed E-state index contributed by atoms with van der Waals surface area (Å²) in [5, 5.41) is 9.18. The van der Waals surface area contributed by atoms with Gasteiger partial charge in [0.05, 0.1) is 6.10 Å². The Hall–Kier alpha value is -0.520.